The van der Waals surface area contributed by atoms with Crippen LogP contribution in [-0.2, 0) is 19.1 Å². The van der Waals surface area contributed by atoms with E-state index in [2.05, 4.69) is 10.6 Å². The zero-order valence-corrected chi connectivity index (χ0v) is 21.6. The van der Waals surface area contributed by atoms with Crippen LogP contribution in [0, 0.1) is 0 Å². The SMILES string of the molecule is CCOC(=O)c1cccc(N2C(=O)C(Cl)=C(Nc3cccc(C(=O)Nc4cccc(C(=O)OC)c4)c3)C2=O)c1. The number of esters is 2. The molecular weight excluding hydrogens is 526 g/mol. The van der Waals surface area contributed by atoms with E-state index in [9.17, 15) is 24.0 Å². The summed E-state index contributed by atoms with van der Waals surface area (Å²) in [5.74, 6) is -3.13. The van der Waals surface area contributed by atoms with Crippen LogP contribution >= 0.6 is 11.6 Å². The molecule has 0 saturated carbocycles. The zero-order valence-electron chi connectivity index (χ0n) is 20.8. The van der Waals surface area contributed by atoms with Gasteiger partial charge in [0.05, 0.1) is 30.5 Å². The number of benzene rings is 3. The van der Waals surface area contributed by atoms with Crippen molar-refractivity contribution in [1.29, 1.82) is 0 Å². The van der Waals surface area contributed by atoms with Gasteiger partial charge in [0.1, 0.15) is 10.7 Å². The predicted molar refractivity (Wildman–Crippen MR) is 144 cm³/mol. The Bertz CT molecular complexity index is 1530. The molecule has 1 aliphatic rings. The highest BCUT2D eigenvalue weighted by Gasteiger charge is 2.39. The van der Waals surface area contributed by atoms with Gasteiger partial charge in [-0.1, -0.05) is 29.8 Å². The minimum atomic E-state index is -0.774. The average Bonchev–Trinajstić information content (AvgIpc) is 3.15. The van der Waals surface area contributed by atoms with E-state index in [-0.39, 0.29) is 39.7 Å². The number of carbonyl (C=O) groups excluding carboxylic acids is 5. The number of amides is 3. The standard InChI is InChI=1S/C28H22ClN3O7/c1-3-39-28(37)18-9-6-12-21(15-18)32-25(34)22(29)23(26(32)35)30-19-10-4-7-16(13-19)24(33)31-20-11-5-8-17(14-20)27(36)38-2/h4-15,30H,3H2,1-2H3,(H,31,33). The molecule has 4 rings (SSSR count). The number of ether oxygens (including phenoxy) is 2. The molecule has 3 amide bonds. The molecule has 1 heterocycles. The smallest absolute Gasteiger partial charge is 0.338 e. The van der Waals surface area contributed by atoms with Crippen molar-refractivity contribution in [2.24, 2.45) is 0 Å². The zero-order chi connectivity index (χ0) is 28.1. The number of methoxy groups -OCH3 is 1. The summed E-state index contributed by atoms with van der Waals surface area (Å²) in [7, 11) is 1.26. The molecule has 11 heteroatoms. The first-order valence-electron chi connectivity index (χ1n) is 11.7. The van der Waals surface area contributed by atoms with E-state index in [1.165, 1.54) is 43.5 Å². The topological polar surface area (TPSA) is 131 Å². The van der Waals surface area contributed by atoms with E-state index in [4.69, 9.17) is 21.1 Å². The molecule has 0 aromatic heterocycles. The molecule has 3 aromatic carbocycles. The summed E-state index contributed by atoms with van der Waals surface area (Å²) >= 11 is 6.23. The minimum absolute atomic E-state index is 0.146. The Morgan fingerprint density at radius 1 is 0.821 bits per heavy atom. The van der Waals surface area contributed by atoms with E-state index >= 15 is 0 Å². The lowest BCUT2D eigenvalue weighted by Crippen LogP contribution is -2.32. The van der Waals surface area contributed by atoms with Gasteiger partial charge in [-0.3, -0.25) is 14.4 Å². The molecule has 2 N–H and O–H groups in total. The molecule has 0 unspecified atom stereocenters. The average molecular weight is 548 g/mol. The molecule has 198 valence electrons. The summed E-state index contributed by atoms with van der Waals surface area (Å²) in [6.45, 7) is 1.83. The highest BCUT2D eigenvalue weighted by Crippen LogP contribution is 2.31. The van der Waals surface area contributed by atoms with E-state index in [1.54, 1.807) is 43.3 Å². The Morgan fingerprint density at radius 3 is 2.13 bits per heavy atom. The maximum absolute atomic E-state index is 13.2. The van der Waals surface area contributed by atoms with E-state index in [1.807, 2.05) is 0 Å². The van der Waals surface area contributed by atoms with Crippen LogP contribution in [0.1, 0.15) is 38.0 Å². The number of halogens is 1. The number of anilines is 3. The van der Waals surface area contributed by atoms with Crippen LogP contribution in [0.5, 0.6) is 0 Å². The summed E-state index contributed by atoms with van der Waals surface area (Å²) in [6, 6.07) is 18.3. The quantitative estimate of drug-likeness (QED) is 0.314. The molecule has 39 heavy (non-hydrogen) atoms. The number of imide groups is 1. The van der Waals surface area contributed by atoms with Gasteiger partial charge in [0.15, 0.2) is 0 Å². The Balaban J connectivity index is 1.52. The molecule has 0 spiro atoms. The van der Waals surface area contributed by atoms with E-state index in [0.717, 1.165) is 4.90 Å². The first-order chi connectivity index (χ1) is 18.7. The summed E-state index contributed by atoms with van der Waals surface area (Å²) in [5, 5.41) is 5.17. The highest BCUT2D eigenvalue weighted by atomic mass is 35.5. The number of hydrogen-bond acceptors (Lipinski definition) is 8. The second-order valence-electron chi connectivity index (χ2n) is 8.14. The number of rotatable bonds is 8. The molecule has 0 aliphatic carbocycles. The molecule has 1 aliphatic heterocycles. The molecule has 10 nitrogen and oxygen atoms in total. The first-order valence-corrected chi connectivity index (χ1v) is 12.0. The summed E-state index contributed by atoms with van der Waals surface area (Å²) in [5.41, 5.74) is 1.33. The Morgan fingerprint density at radius 2 is 1.44 bits per heavy atom. The van der Waals surface area contributed by atoms with Gasteiger partial charge in [-0.15, -0.1) is 0 Å². The highest BCUT2D eigenvalue weighted by molar-refractivity contribution is 6.53. The third kappa shape index (κ3) is 5.81. The fraction of sp³-hybridized carbons (Fsp3) is 0.107. The van der Waals surface area contributed by atoms with Crippen molar-refractivity contribution in [3.05, 3.63) is 100 Å². The molecule has 0 bridgehead atoms. The fourth-order valence-electron chi connectivity index (χ4n) is 3.76. The van der Waals surface area contributed by atoms with Gasteiger partial charge in [-0.05, 0) is 61.5 Å². The summed E-state index contributed by atoms with van der Waals surface area (Å²) in [4.78, 5) is 63.6. The third-order valence-electron chi connectivity index (χ3n) is 5.58. The largest absolute Gasteiger partial charge is 0.465 e. The van der Waals surface area contributed by atoms with Crippen molar-refractivity contribution in [2.45, 2.75) is 6.92 Å². The Kier molecular flexibility index (Phi) is 8.07. The normalized spacial score (nSPS) is 12.8. The van der Waals surface area contributed by atoms with Crippen LogP contribution in [0.3, 0.4) is 0 Å². The Labute approximate surface area is 228 Å². The van der Waals surface area contributed by atoms with Crippen LogP contribution in [0.15, 0.2) is 83.5 Å². The van der Waals surface area contributed by atoms with Crippen molar-refractivity contribution >= 4 is 58.3 Å². The van der Waals surface area contributed by atoms with E-state index < -0.39 is 29.7 Å². The Hall–Kier alpha value is -4.96. The first kappa shape index (κ1) is 27.1. The van der Waals surface area contributed by atoms with E-state index in [0.29, 0.717) is 11.4 Å². The van der Waals surface area contributed by atoms with Crippen LogP contribution in [0.2, 0.25) is 0 Å². The molecular formula is C28H22ClN3O7. The number of carbonyl (C=O) groups is 5. The third-order valence-corrected chi connectivity index (χ3v) is 5.93. The maximum atomic E-state index is 13.2. The molecule has 0 fully saturated rings. The predicted octanol–water partition coefficient (Wildman–Crippen LogP) is 4.34. The van der Waals surface area contributed by atoms with Crippen LogP contribution in [0.4, 0.5) is 17.1 Å². The van der Waals surface area contributed by atoms with Crippen LogP contribution in [0.25, 0.3) is 0 Å². The van der Waals surface area contributed by atoms with Crippen molar-refractivity contribution in [1.82, 2.24) is 0 Å². The van der Waals surface area contributed by atoms with Gasteiger partial charge in [-0.2, -0.15) is 0 Å². The van der Waals surface area contributed by atoms with Crippen LogP contribution < -0.4 is 15.5 Å². The molecule has 0 atom stereocenters. The van der Waals surface area contributed by atoms with Crippen LogP contribution in [-0.4, -0.2) is 43.4 Å². The van der Waals surface area contributed by atoms with Gasteiger partial charge in [0, 0.05) is 16.9 Å². The number of hydrogen-bond donors (Lipinski definition) is 2. The maximum Gasteiger partial charge on any atom is 0.338 e. The van der Waals surface area contributed by atoms with Gasteiger partial charge in [0.25, 0.3) is 17.7 Å². The molecule has 0 radical (unpaired) electrons. The molecule has 3 aromatic rings. The number of nitrogens with zero attached hydrogens (tertiary/aromatic N) is 1. The minimum Gasteiger partial charge on any atom is -0.465 e. The second kappa shape index (κ2) is 11.6. The van der Waals surface area contributed by atoms with Gasteiger partial charge in [0.2, 0.25) is 0 Å². The summed E-state index contributed by atoms with van der Waals surface area (Å²) < 4.78 is 9.68. The van der Waals surface area contributed by atoms with Gasteiger partial charge < -0.3 is 20.1 Å². The van der Waals surface area contributed by atoms with Crippen molar-refractivity contribution in [3.63, 3.8) is 0 Å². The lowest BCUT2D eigenvalue weighted by atomic mass is 10.1. The molecule has 0 saturated heterocycles. The lowest BCUT2D eigenvalue weighted by Gasteiger charge is -2.16. The monoisotopic (exact) mass is 547 g/mol. The lowest BCUT2D eigenvalue weighted by molar-refractivity contribution is -0.120. The van der Waals surface area contributed by atoms with Crippen molar-refractivity contribution in [3.8, 4) is 0 Å². The van der Waals surface area contributed by atoms with Crippen molar-refractivity contribution < 1.29 is 33.4 Å². The second-order valence-corrected chi connectivity index (χ2v) is 8.52. The van der Waals surface area contributed by atoms with Gasteiger partial charge >= 0.3 is 11.9 Å². The summed E-state index contributed by atoms with van der Waals surface area (Å²) in [6.07, 6.45) is 0. The number of nitrogens with one attached hydrogen (secondary N) is 2. The van der Waals surface area contributed by atoms with Gasteiger partial charge in [-0.25, -0.2) is 14.5 Å². The van der Waals surface area contributed by atoms with Crippen molar-refractivity contribution in [2.75, 3.05) is 29.3 Å². The fourth-order valence-corrected chi connectivity index (χ4v) is 3.97.